The zero-order valence-electron chi connectivity index (χ0n) is 14.9. The number of nitrogens with one attached hydrogen (secondary N) is 1. The molecule has 28 heavy (non-hydrogen) atoms. The van der Waals surface area contributed by atoms with Crippen LogP contribution in [0.15, 0.2) is 66.1 Å². The number of para-hydroxylation sites is 1. The third-order valence-corrected chi connectivity index (χ3v) is 4.23. The highest BCUT2D eigenvalue weighted by atomic mass is 16.1. The lowest BCUT2D eigenvalue weighted by Gasteiger charge is -2.07. The molecular formula is C19H17N7O2. The smallest absolute Gasteiger partial charge is 0.261 e. The second kappa shape index (κ2) is 7.78. The lowest BCUT2D eigenvalue weighted by Crippen LogP contribution is -2.27. The van der Waals surface area contributed by atoms with Crippen molar-refractivity contribution in [3.05, 3.63) is 77.4 Å². The fraction of sp³-hybridized carbons (Fsp3) is 0.158. The second-order valence-corrected chi connectivity index (χ2v) is 6.15. The molecule has 140 valence electrons. The molecule has 1 amide bonds. The summed E-state index contributed by atoms with van der Waals surface area (Å²) in [7, 11) is 0. The summed E-state index contributed by atoms with van der Waals surface area (Å²) in [6.45, 7) is 0.509. The van der Waals surface area contributed by atoms with E-state index in [1.165, 1.54) is 10.9 Å². The van der Waals surface area contributed by atoms with E-state index in [0.717, 1.165) is 5.69 Å². The molecule has 1 N–H and O–H groups in total. The first-order valence-corrected chi connectivity index (χ1v) is 8.73. The van der Waals surface area contributed by atoms with Gasteiger partial charge >= 0.3 is 0 Å². The first-order chi connectivity index (χ1) is 13.7. The number of rotatable bonds is 6. The Bertz CT molecular complexity index is 1170. The van der Waals surface area contributed by atoms with E-state index in [2.05, 4.69) is 25.6 Å². The van der Waals surface area contributed by atoms with Crippen LogP contribution in [0.2, 0.25) is 0 Å². The number of amides is 1. The molecule has 4 rings (SSSR count). The number of hydrogen-bond donors (Lipinski definition) is 1. The van der Waals surface area contributed by atoms with Crippen LogP contribution in [0.25, 0.3) is 16.6 Å². The minimum Gasteiger partial charge on any atom is -0.350 e. The summed E-state index contributed by atoms with van der Waals surface area (Å²) in [6.07, 6.45) is 6.72. The fourth-order valence-electron chi connectivity index (χ4n) is 2.76. The summed E-state index contributed by atoms with van der Waals surface area (Å²) in [5, 5.41) is 11.4. The maximum absolute atomic E-state index is 12.4. The molecule has 4 aromatic rings. The Hall–Kier alpha value is -3.88. The van der Waals surface area contributed by atoms with Crippen LogP contribution in [-0.2, 0) is 17.9 Å². The Balaban J connectivity index is 1.34. The van der Waals surface area contributed by atoms with Crippen molar-refractivity contribution in [3.63, 3.8) is 0 Å². The number of carbonyl (C=O) groups excluding carboxylic acids is 1. The van der Waals surface area contributed by atoms with Crippen molar-refractivity contribution in [2.24, 2.45) is 0 Å². The van der Waals surface area contributed by atoms with Gasteiger partial charge in [-0.25, -0.2) is 9.67 Å². The van der Waals surface area contributed by atoms with Gasteiger partial charge in [0.25, 0.3) is 5.56 Å². The average molecular weight is 375 g/mol. The number of nitrogens with zero attached hydrogens (tertiary/aromatic N) is 6. The highest BCUT2D eigenvalue weighted by Crippen LogP contribution is 2.05. The van der Waals surface area contributed by atoms with Gasteiger partial charge in [-0.05, 0) is 24.3 Å². The van der Waals surface area contributed by atoms with E-state index in [9.17, 15) is 9.59 Å². The van der Waals surface area contributed by atoms with E-state index >= 15 is 0 Å². The summed E-state index contributed by atoms with van der Waals surface area (Å²) in [4.78, 5) is 32.8. The van der Waals surface area contributed by atoms with E-state index in [4.69, 9.17) is 0 Å². The molecule has 0 aliphatic carbocycles. The zero-order chi connectivity index (χ0) is 19.3. The van der Waals surface area contributed by atoms with Crippen molar-refractivity contribution in [1.82, 2.24) is 34.8 Å². The van der Waals surface area contributed by atoms with Gasteiger partial charge in [0.15, 0.2) is 0 Å². The number of benzene rings is 1. The summed E-state index contributed by atoms with van der Waals surface area (Å²) >= 11 is 0. The van der Waals surface area contributed by atoms with E-state index in [1.807, 2.05) is 18.2 Å². The summed E-state index contributed by atoms with van der Waals surface area (Å²) in [6, 6.07) is 10.8. The Morgan fingerprint density at radius 3 is 2.89 bits per heavy atom. The largest absolute Gasteiger partial charge is 0.350 e. The van der Waals surface area contributed by atoms with Gasteiger partial charge in [-0.3, -0.25) is 19.1 Å². The van der Waals surface area contributed by atoms with E-state index in [1.54, 1.807) is 41.5 Å². The first-order valence-electron chi connectivity index (χ1n) is 8.73. The van der Waals surface area contributed by atoms with Gasteiger partial charge in [0.1, 0.15) is 5.69 Å². The Labute approximate surface area is 159 Å². The molecule has 0 aliphatic rings. The number of aryl methyl sites for hydroxylation is 1. The van der Waals surface area contributed by atoms with Crippen molar-refractivity contribution in [2.45, 2.75) is 19.5 Å². The van der Waals surface area contributed by atoms with Crippen LogP contribution in [0.1, 0.15) is 12.1 Å². The molecule has 0 bridgehead atoms. The Morgan fingerprint density at radius 2 is 2.04 bits per heavy atom. The van der Waals surface area contributed by atoms with Gasteiger partial charge in [0, 0.05) is 19.2 Å². The second-order valence-electron chi connectivity index (χ2n) is 6.15. The van der Waals surface area contributed by atoms with Crippen LogP contribution in [0, 0.1) is 0 Å². The molecule has 0 atom stereocenters. The zero-order valence-corrected chi connectivity index (χ0v) is 14.9. The molecule has 0 aliphatic heterocycles. The molecule has 1 aromatic carbocycles. The summed E-state index contributed by atoms with van der Waals surface area (Å²) in [5.74, 6) is -0.184. The molecular weight excluding hydrogens is 358 g/mol. The summed E-state index contributed by atoms with van der Waals surface area (Å²) in [5.41, 5.74) is 1.90. The predicted octanol–water partition coefficient (Wildman–Crippen LogP) is 1.08. The maximum Gasteiger partial charge on any atom is 0.261 e. The Morgan fingerprint density at radius 1 is 1.14 bits per heavy atom. The number of fused-ring (bicyclic) bond motifs is 1. The third kappa shape index (κ3) is 3.78. The topological polar surface area (TPSA) is 108 Å². The van der Waals surface area contributed by atoms with E-state index < -0.39 is 0 Å². The minimum absolute atomic E-state index is 0.155. The lowest BCUT2D eigenvalue weighted by atomic mass is 10.2. The number of pyridine rings is 1. The molecule has 0 radical (unpaired) electrons. The third-order valence-electron chi connectivity index (χ3n) is 4.23. The van der Waals surface area contributed by atoms with Crippen LogP contribution in [0.3, 0.4) is 0 Å². The molecule has 9 nitrogen and oxygen atoms in total. The maximum atomic E-state index is 12.4. The first kappa shape index (κ1) is 17.5. The van der Waals surface area contributed by atoms with Crippen LogP contribution >= 0.6 is 0 Å². The number of aromatic nitrogens is 6. The predicted molar refractivity (Wildman–Crippen MR) is 102 cm³/mol. The normalized spacial score (nSPS) is 10.9. The van der Waals surface area contributed by atoms with Gasteiger partial charge in [-0.15, -0.1) is 5.10 Å². The molecule has 3 heterocycles. The average Bonchev–Trinajstić information content (AvgIpc) is 3.22. The summed E-state index contributed by atoms with van der Waals surface area (Å²) < 4.78 is 3.04. The molecule has 0 saturated carbocycles. The molecule has 9 heteroatoms. The highest BCUT2D eigenvalue weighted by molar-refractivity contribution is 5.77. The van der Waals surface area contributed by atoms with Crippen LogP contribution in [0.5, 0.6) is 0 Å². The molecule has 0 unspecified atom stereocenters. The SMILES string of the molecule is O=C(CCn1cnc2ccccc2c1=O)NCc1cn(-c2cccnc2)nn1. The van der Waals surface area contributed by atoms with Crippen molar-refractivity contribution < 1.29 is 4.79 Å². The quantitative estimate of drug-likeness (QED) is 0.540. The van der Waals surface area contributed by atoms with Gasteiger partial charge in [-0.1, -0.05) is 17.3 Å². The molecule has 0 fully saturated rings. The van der Waals surface area contributed by atoms with Gasteiger partial charge in [0.2, 0.25) is 5.91 Å². The van der Waals surface area contributed by atoms with E-state index in [-0.39, 0.29) is 31.0 Å². The Kier molecular flexibility index (Phi) is 4.87. The lowest BCUT2D eigenvalue weighted by molar-refractivity contribution is -0.121. The standard InChI is InChI=1S/C19H17N7O2/c27-18(7-9-25-13-22-17-6-2-1-5-16(17)19(25)28)21-10-14-12-26(24-23-14)15-4-3-8-20-11-15/h1-6,8,11-13H,7,9-10H2,(H,21,27). The van der Waals surface area contributed by atoms with Crippen molar-refractivity contribution in [1.29, 1.82) is 0 Å². The van der Waals surface area contributed by atoms with E-state index in [0.29, 0.717) is 16.6 Å². The molecule has 3 aromatic heterocycles. The number of carbonyl (C=O) groups is 1. The van der Waals surface area contributed by atoms with Crippen molar-refractivity contribution in [2.75, 3.05) is 0 Å². The van der Waals surface area contributed by atoms with Gasteiger partial charge < -0.3 is 5.32 Å². The van der Waals surface area contributed by atoms with Crippen LogP contribution in [-0.4, -0.2) is 35.4 Å². The van der Waals surface area contributed by atoms with Crippen molar-refractivity contribution >= 4 is 16.8 Å². The molecule has 0 spiro atoms. The monoisotopic (exact) mass is 375 g/mol. The number of hydrogen-bond acceptors (Lipinski definition) is 6. The van der Waals surface area contributed by atoms with Crippen LogP contribution in [0.4, 0.5) is 0 Å². The van der Waals surface area contributed by atoms with Gasteiger partial charge in [0.05, 0.1) is 41.9 Å². The fourth-order valence-corrected chi connectivity index (χ4v) is 2.76. The van der Waals surface area contributed by atoms with Crippen LogP contribution < -0.4 is 10.9 Å². The highest BCUT2D eigenvalue weighted by Gasteiger charge is 2.08. The molecule has 0 saturated heterocycles. The van der Waals surface area contributed by atoms with Crippen molar-refractivity contribution in [3.8, 4) is 5.69 Å². The minimum atomic E-state index is -0.184. The van der Waals surface area contributed by atoms with Gasteiger partial charge in [-0.2, -0.15) is 0 Å².